The summed E-state index contributed by atoms with van der Waals surface area (Å²) >= 11 is 0. The number of aromatic amines is 1. The van der Waals surface area contributed by atoms with Crippen LogP contribution in [0.1, 0.15) is 22.1 Å². The van der Waals surface area contributed by atoms with Gasteiger partial charge in [0.25, 0.3) is 5.91 Å². The second-order valence-electron chi connectivity index (χ2n) is 7.95. The fourth-order valence-corrected chi connectivity index (χ4v) is 5.97. The highest BCUT2D eigenvalue weighted by Crippen LogP contribution is 2.46. The number of pyridine rings is 1. The number of H-pyrrole nitrogens is 1. The fourth-order valence-electron chi connectivity index (χ4n) is 4.82. The number of aromatic nitrogens is 2. The number of rotatable bonds is 3. The SMILES string of the molecule is CS(=O)(=O)N1C[C@H]2CN(C(=O)c3cc4cccnc4[nH]3)C[C@H]2[C@@H]1c1ccccc1. The van der Waals surface area contributed by atoms with Gasteiger partial charge < -0.3 is 9.88 Å². The van der Waals surface area contributed by atoms with Crippen LogP contribution < -0.4 is 0 Å². The Morgan fingerprint density at radius 3 is 2.62 bits per heavy atom. The number of benzene rings is 1. The zero-order valence-electron chi connectivity index (χ0n) is 16.0. The molecule has 0 aliphatic carbocycles. The van der Waals surface area contributed by atoms with Crippen molar-refractivity contribution in [3.63, 3.8) is 0 Å². The van der Waals surface area contributed by atoms with Crippen LogP contribution in [0.25, 0.3) is 11.0 Å². The molecule has 5 rings (SSSR count). The van der Waals surface area contributed by atoms with Crippen molar-refractivity contribution in [2.45, 2.75) is 6.04 Å². The largest absolute Gasteiger partial charge is 0.337 e. The first-order valence-corrected chi connectivity index (χ1v) is 11.5. The van der Waals surface area contributed by atoms with Crippen molar-refractivity contribution >= 4 is 27.0 Å². The number of carbonyl (C=O) groups excluding carboxylic acids is 1. The lowest BCUT2D eigenvalue weighted by Crippen LogP contribution is -2.37. The van der Waals surface area contributed by atoms with E-state index < -0.39 is 10.0 Å². The van der Waals surface area contributed by atoms with Gasteiger partial charge in [-0.25, -0.2) is 13.4 Å². The number of likely N-dealkylation sites (tertiary alicyclic amines) is 1. The van der Waals surface area contributed by atoms with Crippen LogP contribution in [0, 0.1) is 11.8 Å². The molecule has 1 aromatic carbocycles. The first-order chi connectivity index (χ1) is 13.9. The Morgan fingerprint density at radius 2 is 1.90 bits per heavy atom. The monoisotopic (exact) mass is 410 g/mol. The predicted octanol–water partition coefficient (Wildman–Crippen LogP) is 2.27. The maximum absolute atomic E-state index is 13.1. The summed E-state index contributed by atoms with van der Waals surface area (Å²) in [5, 5.41) is 0.903. The van der Waals surface area contributed by atoms with Crippen LogP contribution in [0.15, 0.2) is 54.7 Å². The fraction of sp³-hybridized carbons (Fsp3) is 0.333. The van der Waals surface area contributed by atoms with Gasteiger partial charge in [0.1, 0.15) is 11.3 Å². The predicted molar refractivity (Wildman–Crippen MR) is 110 cm³/mol. The Morgan fingerprint density at radius 1 is 1.10 bits per heavy atom. The quantitative estimate of drug-likeness (QED) is 0.718. The number of hydrogen-bond acceptors (Lipinski definition) is 4. The van der Waals surface area contributed by atoms with E-state index in [1.54, 1.807) is 10.5 Å². The maximum atomic E-state index is 13.1. The van der Waals surface area contributed by atoms with Gasteiger partial charge in [-0.1, -0.05) is 30.3 Å². The normalized spacial score (nSPS) is 24.9. The van der Waals surface area contributed by atoms with E-state index in [-0.39, 0.29) is 23.8 Å². The number of fused-ring (bicyclic) bond motifs is 2. The van der Waals surface area contributed by atoms with Crippen molar-refractivity contribution in [1.82, 2.24) is 19.2 Å². The Bertz CT molecular complexity index is 1140. The molecule has 0 unspecified atom stereocenters. The number of carbonyl (C=O) groups is 1. The highest BCUT2D eigenvalue weighted by molar-refractivity contribution is 7.88. The topological polar surface area (TPSA) is 86.4 Å². The summed E-state index contributed by atoms with van der Waals surface area (Å²) in [6.07, 6.45) is 2.96. The molecule has 7 nitrogen and oxygen atoms in total. The molecular weight excluding hydrogens is 388 g/mol. The molecule has 2 aromatic heterocycles. The lowest BCUT2D eigenvalue weighted by atomic mass is 9.90. The molecule has 2 fully saturated rings. The van der Waals surface area contributed by atoms with E-state index in [0.717, 1.165) is 10.9 Å². The van der Waals surface area contributed by atoms with Crippen LogP contribution in [0.3, 0.4) is 0 Å². The van der Waals surface area contributed by atoms with E-state index >= 15 is 0 Å². The van der Waals surface area contributed by atoms with Gasteiger partial charge in [-0.3, -0.25) is 4.79 Å². The molecule has 3 atom stereocenters. The first-order valence-electron chi connectivity index (χ1n) is 9.66. The smallest absolute Gasteiger partial charge is 0.270 e. The molecule has 0 radical (unpaired) electrons. The molecule has 4 heterocycles. The van der Waals surface area contributed by atoms with Crippen LogP contribution in [-0.4, -0.2) is 59.4 Å². The summed E-state index contributed by atoms with van der Waals surface area (Å²) in [6, 6.07) is 15.1. The van der Waals surface area contributed by atoms with Crippen LogP contribution >= 0.6 is 0 Å². The Kier molecular flexibility index (Phi) is 4.22. The maximum Gasteiger partial charge on any atom is 0.270 e. The van der Waals surface area contributed by atoms with E-state index in [1.165, 1.54) is 6.26 Å². The third kappa shape index (κ3) is 3.12. The molecule has 8 heteroatoms. The Hall–Kier alpha value is -2.71. The molecule has 29 heavy (non-hydrogen) atoms. The van der Waals surface area contributed by atoms with Crippen LogP contribution in [0.5, 0.6) is 0 Å². The third-order valence-electron chi connectivity index (χ3n) is 6.10. The van der Waals surface area contributed by atoms with Gasteiger partial charge in [0, 0.05) is 37.1 Å². The third-order valence-corrected chi connectivity index (χ3v) is 7.33. The average Bonchev–Trinajstić information content (AvgIpc) is 3.39. The van der Waals surface area contributed by atoms with E-state index in [0.29, 0.717) is 31.0 Å². The van der Waals surface area contributed by atoms with Gasteiger partial charge in [0.05, 0.1) is 12.3 Å². The second kappa shape index (κ2) is 6.67. The van der Waals surface area contributed by atoms with E-state index in [9.17, 15) is 13.2 Å². The zero-order valence-corrected chi connectivity index (χ0v) is 16.8. The molecule has 2 aliphatic rings. The highest BCUT2D eigenvalue weighted by Gasteiger charge is 2.51. The average molecular weight is 410 g/mol. The van der Waals surface area contributed by atoms with Gasteiger partial charge in [-0.15, -0.1) is 0 Å². The summed E-state index contributed by atoms with van der Waals surface area (Å²) in [5.41, 5.74) is 2.20. The van der Waals surface area contributed by atoms with Crippen molar-refractivity contribution in [2.24, 2.45) is 11.8 Å². The zero-order chi connectivity index (χ0) is 20.2. The second-order valence-corrected chi connectivity index (χ2v) is 9.88. The summed E-state index contributed by atoms with van der Waals surface area (Å²) in [4.78, 5) is 22.3. The van der Waals surface area contributed by atoms with Gasteiger partial charge in [-0.2, -0.15) is 4.31 Å². The number of hydrogen-bond donors (Lipinski definition) is 1. The minimum atomic E-state index is -3.33. The standard InChI is InChI=1S/C21H22N4O3S/c1-29(27,28)25-12-16-11-24(13-17(16)19(25)14-6-3-2-4-7-14)21(26)18-10-15-8-5-9-22-20(15)23-18/h2-10,16-17,19H,11-13H2,1H3,(H,22,23)/t16-,17-,19+/m1/s1. The number of nitrogens with zero attached hydrogens (tertiary/aromatic N) is 3. The van der Waals surface area contributed by atoms with Crippen LogP contribution in [0.2, 0.25) is 0 Å². The van der Waals surface area contributed by atoms with Crippen LogP contribution in [0.4, 0.5) is 0 Å². The molecular formula is C21H22N4O3S. The molecule has 150 valence electrons. The summed E-state index contributed by atoms with van der Waals surface area (Å²) in [6.45, 7) is 1.54. The van der Waals surface area contributed by atoms with Gasteiger partial charge in [0.2, 0.25) is 10.0 Å². The lowest BCUT2D eigenvalue weighted by molar-refractivity contribution is 0.0769. The van der Waals surface area contributed by atoms with Crippen molar-refractivity contribution in [3.8, 4) is 0 Å². The van der Waals surface area contributed by atoms with Crippen molar-refractivity contribution in [2.75, 3.05) is 25.9 Å². The minimum absolute atomic E-state index is 0.0601. The molecule has 3 aromatic rings. The van der Waals surface area contributed by atoms with Gasteiger partial charge in [-0.05, 0) is 29.7 Å². The van der Waals surface area contributed by atoms with Crippen molar-refractivity contribution < 1.29 is 13.2 Å². The summed E-state index contributed by atoms with van der Waals surface area (Å²) < 4.78 is 26.4. The minimum Gasteiger partial charge on any atom is -0.337 e. The van der Waals surface area contributed by atoms with Crippen LogP contribution in [-0.2, 0) is 10.0 Å². The number of sulfonamides is 1. The van der Waals surface area contributed by atoms with E-state index in [1.807, 2.05) is 53.4 Å². The number of nitrogens with one attached hydrogen (secondary N) is 1. The van der Waals surface area contributed by atoms with Crippen molar-refractivity contribution in [1.29, 1.82) is 0 Å². The highest BCUT2D eigenvalue weighted by atomic mass is 32.2. The molecule has 1 amide bonds. The lowest BCUT2D eigenvalue weighted by Gasteiger charge is -2.28. The first kappa shape index (κ1) is 18.3. The Balaban J connectivity index is 1.43. The molecule has 0 bridgehead atoms. The molecule has 2 aliphatic heterocycles. The molecule has 0 saturated carbocycles. The summed E-state index contributed by atoms with van der Waals surface area (Å²) in [5.74, 6) is 0.148. The van der Waals surface area contributed by atoms with Crippen molar-refractivity contribution in [3.05, 3.63) is 66.0 Å². The molecule has 2 saturated heterocycles. The molecule has 1 N–H and O–H groups in total. The van der Waals surface area contributed by atoms with E-state index in [4.69, 9.17) is 0 Å². The van der Waals surface area contributed by atoms with Gasteiger partial charge >= 0.3 is 0 Å². The number of amides is 1. The van der Waals surface area contributed by atoms with Gasteiger partial charge in [0.15, 0.2) is 0 Å². The Labute approximate surface area is 169 Å². The summed E-state index contributed by atoms with van der Waals surface area (Å²) in [7, 11) is -3.33. The molecule has 0 spiro atoms. The van der Waals surface area contributed by atoms with E-state index in [2.05, 4.69) is 9.97 Å².